The summed E-state index contributed by atoms with van der Waals surface area (Å²) < 4.78 is 0. The van der Waals surface area contributed by atoms with Crippen molar-refractivity contribution in [1.29, 1.82) is 0 Å². The highest BCUT2D eigenvalue weighted by atomic mass is 15.2. The smallest absolute Gasteiger partial charge is 0.252 e. The molecule has 25 rings (SSSR count). The van der Waals surface area contributed by atoms with Crippen molar-refractivity contribution in [1.82, 2.24) is 0 Å². The standard InChI is InChI=1S/C103H70BN3/c1-5-21-64(22-6-1)79-35-19-36-80(65-23-7-2-8-24-65)102(79)106-91-58-72(77-49-45-70-33-15-41-85-83-39-13-29-68-31-17-43-87(95(68)83)99(77)97(70)85)47-51-89(91)104-90-52-48-73(78-50-46-71-34-16-42-86-84-40-14-30-69-32-18-44-88(96(69)84)100(78)98(71)86)59-92(90)107(103-81(66-25-9-3-10-26-66)37-20-38-82(103)67-27-11-4-12-28-67)94-61-76(60-93(106)101(94)104)105-74-54-62-53-63(56-74)57-75(105)55-62/h1-52,58-63,74-75H,53-57H2. The van der Waals surface area contributed by atoms with Crippen molar-refractivity contribution in [2.75, 3.05) is 14.7 Å². The molecule has 6 aliphatic rings. The molecular formula is C103H70BN3. The predicted molar refractivity (Wildman–Crippen MR) is 456 cm³/mol. The molecule has 3 nitrogen and oxygen atoms in total. The van der Waals surface area contributed by atoms with Crippen LogP contribution in [0.1, 0.15) is 32.1 Å². The maximum absolute atomic E-state index is 2.97. The topological polar surface area (TPSA) is 9.72 Å². The number of fused-ring (bicyclic) bond motifs is 8. The minimum absolute atomic E-state index is 0.208. The molecule has 107 heavy (non-hydrogen) atoms. The van der Waals surface area contributed by atoms with Crippen molar-refractivity contribution in [3.63, 3.8) is 0 Å². The second-order valence-corrected chi connectivity index (χ2v) is 31.2. The van der Waals surface area contributed by atoms with Crippen molar-refractivity contribution in [2.24, 2.45) is 11.8 Å². The minimum atomic E-state index is -0.208. The second kappa shape index (κ2) is 22.9. The highest BCUT2D eigenvalue weighted by Crippen LogP contribution is 2.58. The van der Waals surface area contributed by atoms with Gasteiger partial charge in [0.15, 0.2) is 0 Å². The third-order valence-corrected chi connectivity index (χ3v) is 25.7. The van der Waals surface area contributed by atoms with Crippen LogP contribution in [-0.4, -0.2) is 18.8 Å². The summed E-state index contributed by atoms with van der Waals surface area (Å²) in [7, 11) is 0. The zero-order valence-corrected chi connectivity index (χ0v) is 59.1. The van der Waals surface area contributed by atoms with Crippen molar-refractivity contribution in [3.8, 4) is 66.8 Å². The van der Waals surface area contributed by atoms with Gasteiger partial charge in [0.1, 0.15) is 0 Å². The molecule has 4 aliphatic heterocycles. The third-order valence-electron chi connectivity index (χ3n) is 25.7. The third kappa shape index (κ3) is 8.67. The molecule has 0 aromatic heterocycles. The molecule has 0 spiro atoms. The minimum Gasteiger partial charge on any atom is -0.365 e. The van der Waals surface area contributed by atoms with E-state index < -0.39 is 0 Å². The first-order valence-corrected chi connectivity index (χ1v) is 38.6. The molecule has 4 heterocycles. The summed E-state index contributed by atoms with van der Waals surface area (Å²) >= 11 is 0. The van der Waals surface area contributed by atoms with E-state index in [0.717, 1.165) is 11.8 Å². The highest BCUT2D eigenvalue weighted by Gasteiger charge is 2.50. The van der Waals surface area contributed by atoms with Crippen LogP contribution in [0.3, 0.4) is 0 Å². The summed E-state index contributed by atoms with van der Waals surface area (Å²) in [5.41, 5.74) is 26.6. The number of hydrogen-bond donors (Lipinski definition) is 0. The van der Waals surface area contributed by atoms with Gasteiger partial charge >= 0.3 is 0 Å². The van der Waals surface area contributed by atoms with Gasteiger partial charge in [0.2, 0.25) is 0 Å². The SMILES string of the molecule is c1ccc(-c2cccc(-c3ccccc3)c2N2c3cc(-c4ccc5cccc6c7cccc8cccc(c4c56)c87)ccc3B3c4ccc(-c5ccc6cccc7c8cccc9cccc(c5c67)c98)cc4N(c4c(-c5ccccc5)cccc4-c4ccccc4)c4cc(N5C6CC7CC(C6)CC5C7)cc2c43)cc1. The van der Waals surface area contributed by atoms with Gasteiger partial charge in [0, 0.05) is 62.8 Å². The summed E-state index contributed by atoms with van der Waals surface area (Å²) in [6.45, 7) is -0.208. The van der Waals surface area contributed by atoms with E-state index in [4.69, 9.17) is 0 Å². The van der Waals surface area contributed by atoms with Gasteiger partial charge in [-0.2, -0.15) is 0 Å². The lowest BCUT2D eigenvalue weighted by molar-refractivity contribution is 0.0900. The van der Waals surface area contributed by atoms with E-state index in [1.54, 1.807) is 0 Å². The Kier molecular flexibility index (Phi) is 12.7. The van der Waals surface area contributed by atoms with Crippen LogP contribution in [0.5, 0.6) is 0 Å². The van der Waals surface area contributed by atoms with Gasteiger partial charge in [0.25, 0.3) is 6.71 Å². The Balaban J connectivity index is 0.863. The molecule has 2 saturated carbocycles. The molecule has 2 aliphatic carbocycles. The summed E-state index contributed by atoms with van der Waals surface area (Å²) in [5, 5.41) is 20.7. The Labute approximate surface area is 622 Å². The number of nitrogens with zero attached hydrogens (tertiary/aromatic N) is 3. The Bertz CT molecular complexity index is 6360. The quantitative estimate of drug-likeness (QED) is 0.0810. The first kappa shape index (κ1) is 59.6. The maximum atomic E-state index is 2.97. The first-order valence-electron chi connectivity index (χ1n) is 38.6. The molecular weight excluding hydrogens is 1290 g/mol. The van der Waals surface area contributed by atoms with Gasteiger partial charge in [-0.1, -0.05) is 315 Å². The van der Waals surface area contributed by atoms with Crippen LogP contribution in [0, 0.1) is 11.8 Å². The zero-order chi connectivity index (χ0) is 69.7. The van der Waals surface area contributed by atoms with Crippen molar-refractivity contribution < 1.29 is 0 Å². The number of benzene rings is 19. The number of rotatable bonds is 9. The van der Waals surface area contributed by atoms with Crippen LogP contribution in [0.15, 0.2) is 340 Å². The summed E-state index contributed by atoms with van der Waals surface area (Å²) in [6.07, 6.45) is 6.32. The monoisotopic (exact) mass is 1360 g/mol. The van der Waals surface area contributed by atoms with E-state index in [2.05, 4.69) is 354 Å². The van der Waals surface area contributed by atoms with Gasteiger partial charge in [-0.3, -0.25) is 0 Å². The Morgan fingerprint density at radius 1 is 0.234 bits per heavy atom. The van der Waals surface area contributed by atoms with E-state index in [-0.39, 0.29) is 6.71 Å². The fourth-order valence-electron chi connectivity index (χ4n) is 21.7. The predicted octanol–water partition coefficient (Wildman–Crippen LogP) is 25.6. The van der Waals surface area contributed by atoms with E-state index in [0.29, 0.717) is 12.1 Å². The van der Waals surface area contributed by atoms with Crippen LogP contribution in [0.25, 0.3) is 153 Å². The summed E-state index contributed by atoms with van der Waals surface area (Å²) in [5.74, 6) is 1.53. The number of piperidine rings is 2. The lowest BCUT2D eigenvalue weighted by atomic mass is 9.33. The van der Waals surface area contributed by atoms with Gasteiger partial charge in [-0.25, -0.2) is 0 Å². The van der Waals surface area contributed by atoms with Crippen LogP contribution in [-0.2, 0) is 0 Å². The van der Waals surface area contributed by atoms with Gasteiger partial charge in [-0.05, 0) is 215 Å². The van der Waals surface area contributed by atoms with Crippen molar-refractivity contribution >= 4 is 149 Å². The van der Waals surface area contributed by atoms with E-state index >= 15 is 0 Å². The summed E-state index contributed by atoms with van der Waals surface area (Å²) in [4.78, 5) is 8.56. The number of hydrogen-bond acceptors (Lipinski definition) is 3. The Hall–Kier alpha value is -12.8. The van der Waals surface area contributed by atoms with Gasteiger partial charge < -0.3 is 14.7 Å². The normalized spacial score (nSPS) is 17.1. The maximum Gasteiger partial charge on any atom is 0.252 e. The van der Waals surface area contributed by atoms with E-state index in [1.807, 2.05) is 0 Å². The fourth-order valence-corrected chi connectivity index (χ4v) is 21.7. The van der Waals surface area contributed by atoms with Crippen LogP contribution in [0.4, 0.5) is 39.8 Å². The average Bonchev–Trinajstić information content (AvgIpc) is 0.686. The molecule has 0 atom stereocenters. The molecule has 19 aromatic rings. The average molecular weight is 1360 g/mol. The van der Waals surface area contributed by atoms with Gasteiger partial charge in [-0.15, -0.1) is 0 Å². The molecule has 0 N–H and O–H groups in total. The van der Waals surface area contributed by atoms with Crippen LogP contribution < -0.4 is 31.1 Å². The lowest BCUT2D eigenvalue weighted by Gasteiger charge is -2.58. The van der Waals surface area contributed by atoms with Crippen LogP contribution >= 0.6 is 0 Å². The lowest BCUT2D eigenvalue weighted by Crippen LogP contribution is -2.62. The Morgan fingerprint density at radius 3 is 0.944 bits per heavy atom. The Morgan fingerprint density at radius 2 is 0.570 bits per heavy atom. The first-order chi connectivity index (χ1) is 53.1. The molecule has 4 fully saturated rings. The molecule has 0 unspecified atom stereocenters. The second-order valence-electron chi connectivity index (χ2n) is 31.2. The van der Waals surface area contributed by atoms with Gasteiger partial charge in [0.05, 0.1) is 11.4 Å². The van der Waals surface area contributed by atoms with E-state index in [1.165, 1.54) is 241 Å². The summed E-state index contributed by atoms with van der Waals surface area (Å²) in [6, 6.07) is 132. The number of para-hydroxylation sites is 2. The highest BCUT2D eigenvalue weighted by molar-refractivity contribution is 7.00. The number of anilines is 7. The molecule has 19 aromatic carbocycles. The molecule has 2 saturated heterocycles. The molecule has 0 radical (unpaired) electrons. The fraction of sp³-hybridized carbons (Fsp3) is 0.0874. The molecule has 500 valence electrons. The van der Waals surface area contributed by atoms with Crippen LogP contribution in [0.2, 0.25) is 0 Å². The zero-order valence-electron chi connectivity index (χ0n) is 59.1. The van der Waals surface area contributed by atoms with Crippen molar-refractivity contribution in [2.45, 2.75) is 44.2 Å². The van der Waals surface area contributed by atoms with Crippen molar-refractivity contribution in [3.05, 3.63) is 340 Å². The largest absolute Gasteiger partial charge is 0.365 e. The van der Waals surface area contributed by atoms with E-state index in [9.17, 15) is 0 Å². The molecule has 4 bridgehead atoms. The molecule has 0 amide bonds. The molecule has 4 heteroatoms.